The monoisotopic (exact) mass is 227 g/mol. The number of halogens is 1. The van der Waals surface area contributed by atoms with E-state index in [2.05, 4.69) is 5.32 Å². The van der Waals surface area contributed by atoms with Crippen LogP contribution in [0.3, 0.4) is 0 Å². The molecule has 4 heteroatoms. The Hall–Kier alpha value is -1.06. The standard InChI is InChI=1S/C11H14ClNO2/c12-10-6-2-1-5-9(10)11(15)13-7-3-4-8-14/h1-2,5-6,14H,3-4,7-8H2,(H,13,15). The van der Waals surface area contributed by atoms with Crippen molar-refractivity contribution in [3.8, 4) is 0 Å². The molecule has 0 atom stereocenters. The second-order valence-electron chi connectivity index (χ2n) is 3.17. The van der Waals surface area contributed by atoms with E-state index in [1.807, 2.05) is 0 Å². The Balaban J connectivity index is 2.44. The van der Waals surface area contributed by atoms with Crippen LogP contribution >= 0.6 is 11.6 Å². The van der Waals surface area contributed by atoms with Crippen molar-refractivity contribution in [1.82, 2.24) is 5.32 Å². The highest BCUT2D eigenvalue weighted by atomic mass is 35.5. The lowest BCUT2D eigenvalue weighted by molar-refractivity contribution is 0.0952. The molecule has 0 spiro atoms. The van der Waals surface area contributed by atoms with Gasteiger partial charge in [-0.15, -0.1) is 0 Å². The van der Waals surface area contributed by atoms with Crippen molar-refractivity contribution >= 4 is 17.5 Å². The SMILES string of the molecule is O=C(NCCCCO)c1ccccc1Cl. The second kappa shape index (κ2) is 6.43. The quantitative estimate of drug-likeness (QED) is 0.755. The van der Waals surface area contributed by atoms with Crippen LogP contribution in [0.15, 0.2) is 24.3 Å². The molecule has 1 aromatic rings. The third kappa shape index (κ3) is 3.90. The summed E-state index contributed by atoms with van der Waals surface area (Å²) in [5.74, 6) is -0.168. The zero-order chi connectivity index (χ0) is 11.1. The van der Waals surface area contributed by atoms with Crippen molar-refractivity contribution in [2.45, 2.75) is 12.8 Å². The molecule has 0 saturated carbocycles. The molecule has 0 heterocycles. The average Bonchev–Trinajstić information content (AvgIpc) is 2.25. The number of hydrogen-bond acceptors (Lipinski definition) is 2. The van der Waals surface area contributed by atoms with Crippen molar-refractivity contribution in [1.29, 1.82) is 0 Å². The third-order valence-electron chi connectivity index (χ3n) is 1.99. The fourth-order valence-corrected chi connectivity index (χ4v) is 1.40. The highest BCUT2D eigenvalue weighted by Gasteiger charge is 2.07. The topological polar surface area (TPSA) is 49.3 Å². The molecule has 0 aliphatic carbocycles. The Morgan fingerprint density at radius 3 is 2.73 bits per heavy atom. The Kier molecular flexibility index (Phi) is 5.15. The summed E-state index contributed by atoms with van der Waals surface area (Å²) in [5.41, 5.74) is 0.489. The van der Waals surface area contributed by atoms with Gasteiger partial charge in [-0.05, 0) is 25.0 Å². The predicted molar refractivity (Wildman–Crippen MR) is 60.1 cm³/mol. The molecule has 0 unspecified atom stereocenters. The Morgan fingerprint density at radius 1 is 1.33 bits per heavy atom. The maximum atomic E-state index is 11.6. The van der Waals surface area contributed by atoms with E-state index in [0.717, 1.165) is 6.42 Å². The number of unbranched alkanes of at least 4 members (excludes halogenated alkanes) is 1. The summed E-state index contributed by atoms with van der Waals surface area (Å²) in [5, 5.41) is 11.8. The largest absolute Gasteiger partial charge is 0.396 e. The van der Waals surface area contributed by atoms with Gasteiger partial charge in [-0.25, -0.2) is 0 Å². The van der Waals surface area contributed by atoms with Gasteiger partial charge in [0.2, 0.25) is 0 Å². The summed E-state index contributed by atoms with van der Waals surface area (Å²) in [6, 6.07) is 6.92. The zero-order valence-corrected chi connectivity index (χ0v) is 9.13. The van der Waals surface area contributed by atoms with E-state index in [1.165, 1.54) is 0 Å². The maximum absolute atomic E-state index is 11.6. The number of nitrogens with one attached hydrogen (secondary N) is 1. The number of rotatable bonds is 5. The van der Waals surface area contributed by atoms with Crippen LogP contribution in [-0.4, -0.2) is 24.2 Å². The summed E-state index contributed by atoms with van der Waals surface area (Å²) in [4.78, 5) is 11.6. The Labute approximate surface area is 94.1 Å². The van der Waals surface area contributed by atoms with Crippen LogP contribution in [0.2, 0.25) is 5.02 Å². The number of hydrogen-bond donors (Lipinski definition) is 2. The summed E-state index contributed by atoms with van der Waals surface area (Å²) < 4.78 is 0. The van der Waals surface area contributed by atoms with Crippen molar-refractivity contribution in [3.63, 3.8) is 0 Å². The second-order valence-corrected chi connectivity index (χ2v) is 3.57. The maximum Gasteiger partial charge on any atom is 0.252 e. The molecule has 0 fully saturated rings. The molecule has 3 nitrogen and oxygen atoms in total. The zero-order valence-electron chi connectivity index (χ0n) is 8.37. The fraction of sp³-hybridized carbons (Fsp3) is 0.364. The number of carbonyl (C=O) groups excluding carboxylic acids is 1. The fourth-order valence-electron chi connectivity index (χ4n) is 1.18. The van der Waals surface area contributed by atoms with E-state index in [-0.39, 0.29) is 12.5 Å². The van der Waals surface area contributed by atoms with Gasteiger partial charge in [-0.3, -0.25) is 4.79 Å². The first-order valence-electron chi connectivity index (χ1n) is 4.89. The van der Waals surface area contributed by atoms with Gasteiger partial charge in [0.15, 0.2) is 0 Å². The number of amides is 1. The van der Waals surface area contributed by atoms with Crippen molar-refractivity contribution in [2.24, 2.45) is 0 Å². The van der Waals surface area contributed by atoms with Gasteiger partial charge in [-0.1, -0.05) is 23.7 Å². The van der Waals surface area contributed by atoms with Gasteiger partial charge >= 0.3 is 0 Å². The van der Waals surface area contributed by atoms with Crippen LogP contribution in [0.4, 0.5) is 0 Å². The van der Waals surface area contributed by atoms with Gasteiger partial charge in [0.05, 0.1) is 10.6 Å². The first kappa shape index (κ1) is 12.0. The highest BCUT2D eigenvalue weighted by Crippen LogP contribution is 2.14. The van der Waals surface area contributed by atoms with Crippen LogP contribution in [0.25, 0.3) is 0 Å². The van der Waals surface area contributed by atoms with Gasteiger partial charge in [0.1, 0.15) is 0 Å². The van der Waals surface area contributed by atoms with Crippen LogP contribution in [0, 0.1) is 0 Å². The molecule has 1 amide bonds. The smallest absolute Gasteiger partial charge is 0.252 e. The Bertz CT molecular complexity index is 328. The van der Waals surface area contributed by atoms with Crippen LogP contribution in [0.1, 0.15) is 23.2 Å². The molecule has 2 N–H and O–H groups in total. The number of benzene rings is 1. The van der Waals surface area contributed by atoms with E-state index in [4.69, 9.17) is 16.7 Å². The van der Waals surface area contributed by atoms with E-state index >= 15 is 0 Å². The summed E-state index contributed by atoms with van der Waals surface area (Å²) >= 11 is 5.86. The van der Waals surface area contributed by atoms with Crippen molar-refractivity contribution < 1.29 is 9.90 Å². The molecule has 0 aliphatic heterocycles. The minimum Gasteiger partial charge on any atom is -0.396 e. The van der Waals surface area contributed by atoms with E-state index in [9.17, 15) is 4.79 Å². The molecule has 0 aromatic heterocycles. The van der Waals surface area contributed by atoms with E-state index in [1.54, 1.807) is 24.3 Å². The Morgan fingerprint density at radius 2 is 2.07 bits per heavy atom. The normalized spacial score (nSPS) is 10.0. The number of carbonyl (C=O) groups is 1. The molecule has 1 rings (SSSR count). The first-order valence-corrected chi connectivity index (χ1v) is 5.27. The highest BCUT2D eigenvalue weighted by molar-refractivity contribution is 6.33. The van der Waals surface area contributed by atoms with Gasteiger partial charge in [-0.2, -0.15) is 0 Å². The lowest BCUT2D eigenvalue weighted by Gasteiger charge is -2.05. The molecule has 15 heavy (non-hydrogen) atoms. The van der Waals surface area contributed by atoms with Gasteiger partial charge < -0.3 is 10.4 Å². The lowest BCUT2D eigenvalue weighted by atomic mass is 10.2. The molecule has 0 bridgehead atoms. The minimum absolute atomic E-state index is 0.155. The van der Waals surface area contributed by atoms with Crippen molar-refractivity contribution in [2.75, 3.05) is 13.2 Å². The third-order valence-corrected chi connectivity index (χ3v) is 2.32. The number of aliphatic hydroxyl groups excluding tert-OH is 1. The molecule has 0 radical (unpaired) electrons. The van der Waals surface area contributed by atoms with E-state index < -0.39 is 0 Å². The van der Waals surface area contributed by atoms with Crippen LogP contribution in [0.5, 0.6) is 0 Å². The number of aliphatic hydroxyl groups is 1. The summed E-state index contributed by atoms with van der Waals surface area (Å²) in [6.07, 6.45) is 1.47. The minimum atomic E-state index is -0.168. The molecule has 0 saturated heterocycles. The molecule has 1 aromatic carbocycles. The first-order chi connectivity index (χ1) is 7.25. The average molecular weight is 228 g/mol. The van der Waals surface area contributed by atoms with Crippen molar-refractivity contribution in [3.05, 3.63) is 34.9 Å². The van der Waals surface area contributed by atoms with Gasteiger partial charge in [0, 0.05) is 13.2 Å². The van der Waals surface area contributed by atoms with Crippen LogP contribution in [-0.2, 0) is 0 Å². The predicted octanol–water partition coefficient (Wildman–Crippen LogP) is 1.84. The summed E-state index contributed by atoms with van der Waals surface area (Å²) in [7, 11) is 0. The lowest BCUT2D eigenvalue weighted by Crippen LogP contribution is -2.24. The summed E-state index contributed by atoms with van der Waals surface area (Å²) in [6.45, 7) is 0.715. The molecular weight excluding hydrogens is 214 g/mol. The molecule has 82 valence electrons. The molecule has 0 aliphatic rings. The van der Waals surface area contributed by atoms with E-state index in [0.29, 0.717) is 23.6 Å². The van der Waals surface area contributed by atoms with Crippen LogP contribution < -0.4 is 5.32 Å². The van der Waals surface area contributed by atoms with Gasteiger partial charge in [0.25, 0.3) is 5.91 Å². The molecular formula is C11H14ClNO2.